The van der Waals surface area contributed by atoms with Gasteiger partial charge in [-0.3, -0.25) is 0 Å². The van der Waals surface area contributed by atoms with E-state index in [-0.39, 0.29) is 6.10 Å². The van der Waals surface area contributed by atoms with E-state index in [4.69, 9.17) is 4.74 Å². The number of rotatable bonds is 2. The van der Waals surface area contributed by atoms with Crippen LogP contribution in [0.1, 0.15) is 20.3 Å². The summed E-state index contributed by atoms with van der Waals surface area (Å²) in [5.74, 6) is 0.773. The Kier molecular flexibility index (Phi) is 2.49. The Balaban J connectivity index is 2.40. The van der Waals surface area contributed by atoms with Crippen LogP contribution in [0.15, 0.2) is 11.8 Å². The zero-order valence-electron chi connectivity index (χ0n) is 6.75. The molecule has 3 unspecified atom stereocenters. The summed E-state index contributed by atoms with van der Waals surface area (Å²) in [6, 6.07) is 0. The molecule has 0 fully saturated rings. The maximum absolute atomic E-state index is 12.5. The van der Waals surface area contributed by atoms with Crippen molar-refractivity contribution in [3.63, 3.8) is 0 Å². The predicted octanol–water partition coefficient (Wildman–Crippen LogP) is 1.40. The molecule has 0 bridgehead atoms. The molecule has 0 aromatic rings. The molecule has 1 heterocycles. The van der Waals surface area contributed by atoms with Gasteiger partial charge in [0.05, 0.1) is 5.76 Å². The Morgan fingerprint density at radius 3 is 2.82 bits per heavy atom. The topological polar surface area (TPSA) is 29.5 Å². The van der Waals surface area contributed by atoms with E-state index in [1.54, 1.807) is 6.92 Å². The van der Waals surface area contributed by atoms with Gasteiger partial charge >= 0.3 is 0 Å². The summed E-state index contributed by atoms with van der Waals surface area (Å²) in [6.07, 6.45) is -0.129. The number of hydrogen-bond donors (Lipinski definition) is 1. The number of ether oxygens (including phenoxy) is 1. The third-order valence-corrected chi connectivity index (χ3v) is 1.83. The minimum Gasteiger partial charge on any atom is -0.492 e. The van der Waals surface area contributed by atoms with E-state index in [0.717, 1.165) is 5.76 Å². The van der Waals surface area contributed by atoms with E-state index in [1.165, 1.54) is 6.92 Å². The summed E-state index contributed by atoms with van der Waals surface area (Å²) in [4.78, 5) is 0. The molecule has 1 aliphatic rings. The molecule has 0 saturated carbocycles. The van der Waals surface area contributed by atoms with Gasteiger partial charge in [-0.15, -0.1) is 0 Å². The van der Waals surface area contributed by atoms with Crippen LogP contribution in [-0.2, 0) is 4.74 Å². The molecular weight excluding hydrogens is 147 g/mol. The maximum atomic E-state index is 12.5. The molecule has 1 N–H and O–H groups in total. The van der Waals surface area contributed by atoms with Crippen molar-refractivity contribution < 1.29 is 14.2 Å². The van der Waals surface area contributed by atoms with E-state index >= 15 is 0 Å². The van der Waals surface area contributed by atoms with Crippen LogP contribution in [0.5, 0.6) is 0 Å². The number of aliphatic hydroxyl groups excluding tert-OH is 1. The van der Waals surface area contributed by atoms with Crippen LogP contribution in [0.3, 0.4) is 0 Å². The van der Waals surface area contributed by atoms with Crippen molar-refractivity contribution in [2.75, 3.05) is 0 Å². The van der Waals surface area contributed by atoms with Crippen LogP contribution in [0.25, 0.3) is 0 Å². The number of allylic oxidation sites excluding steroid dienone is 1. The van der Waals surface area contributed by atoms with Crippen molar-refractivity contribution in [2.45, 2.75) is 38.6 Å². The Labute approximate surface area is 65.7 Å². The normalized spacial score (nSPS) is 29.1. The van der Waals surface area contributed by atoms with Crippen molar-refractivity contribution in [3.8, 4) is 0 Å². The van der Waals surface area contributed by atoms with Crippen LogP contribution in [0.4, 0.5) is 4.39 Å². The monoisotopic (exact) mass is 160 g/mol. The zero-order chi connectivity index (χ0) is 8.43. The highest BCUT2D eigenvalue weighted by Crippen LogP contribution is 2.21. The van der Waals surface area contributed by atoms with Crippen molar-refractivity contribution in [3.05, 3.63) is 11.8 Å². The largest absolute Gasteiger partial charge is 0.492 e. The van der Waals surface area contributed by atoms with Crippen molar-refractivity contribution in [2.24, 2.45) is 0 Å². The molecule has 0 spiro atoms. The third kappa shape index (κ3) is 1.93. The van der Waals surface area contributed by atoms with E-state index in [9.17, 15) is 9.50 Å². The molecule has 0 amide bonds. The van der Waals surface area contributed by atoms with Gasteiger partial charge in [0.1, 0.15) is 18.4 Å². The highest BCUT2D eigenvalue weighted by atomic mass is 19.1. The van der Waals surface area contributed by atoms with Crippen LogP contribution in [0, 0.1) is 0 Å². The van der Waals surface area contributed by atoms with Crippen molar-refractivity contribution >= 4 is 0 Å². The van der Waals surface area contributed by atoms with E-state index < -0.39 is 12.3 Å². The molecule has 11 heavy (non-hydrogen) atoms. The molecule has 1 aliphatic heterocycles. The molecule has 0 radical (unpaired) electrons. The molecule has 2 nitrogen and oxygen atoms in total. The van der Waals surface area contributed by atoms with E-state index in [0.29, 0.717) is 6.42 Å². The molecule has 64 valence electrons. The molecule has 0 aliphatic carbocycles. The summed E-state index contributed by atoms with van der Waals surface area (Å²) in [6.45, 7) is 3.14. The first-order valence-corrected chi connectivity index (χ1v) is 3.77. The highest BCUT2D eigenvalue weighted by Gasteiger charge is 2.28. The summed E-state index contributed by atoms with van der Waals surface area (Å²) in [5, 5.41) is 9.21. The summed E-state index contributed by atoms with van der Waals surface area (Å²) in [5.41, 5.74) is 0. The molecule has 0 aromatic heterocycles. The number of alkyl halides is 1. The van der Waals surface area contributed by atoms with Crippen LogP contribution < -0.4 is 0 Å². The molecule has 3 atom stereocenters. The lowest BCUT2D eigenvalue weighted by Gasteiger charge is -2.19. The second-order valence-corrected chi connectivity index (χ2v) is 2.87. The Morgan fingerprint density at radius 2 is 2.45 bits per heavy atom. The van der Waals surface area contributed by atoms with Crippen LogP contribution in [-0.4, -0.2) is 23.5 Å². The lowest BCUT2D eigenvalue weighted by molar-refractivity contribution is -0.0265. The zero-order valence-corrected chi connectivity index (χ0v) is 6.75. The summed E-state index contributed by atoms with van der Waals surface area (Å²) < 4.78 is 17.7. The van der Waals surface area contributed by atoms with Crippen LogP contribution in [0.2, 0.25) is 0 Å². The number of aliphatic hydroxyl groups is 1. The second-order valence-electron chi connectivity index (χ2n) is 2.87. The Hall–Kier alpha value is -0.570. The van der Waals surface area contributed by atoms with Crippen molar-refractivity contribution in [1.82, 2.24) is 0 Å². The van der Waals surface area contributed by atoms with Gasteiger partial charge in [-0.25, -0.2) is 4.39 Å². The lowest BCUT2D eigenvalue weighted by atomic mass is 10.1. The van der Waals surface area contributed by atoms with Gasteiger partial charge in [0.25, 0.3) is 0 Å². The summed E-state index contributed by atoms with van der Waals surface area (Å²) >= 11 is 0. The summed E-state index contributed by atoms with van der Waals surface area (Å²) in [7, 11) is 0. The Morgan fingerprint density at radius 1 is 1.82 bits per heavy atom. The molecule has 3 heteroatoms. The quantitative estimate of drug-likeness (QED) is 0.661. The molecular formula is C8H13FO2. The van der Waals surface area contributed by atoms with Gasteiger partial charge in [0.15, 0.2) is 0 Å². The van der Waals surface area contributed by atoms with Gasteiger partial charge in [0.2, 0.25) is 0 Å². The average Bonchev–Trinajstić information content (AvgIpc) is 2.34. The van der Waals surface area contributed by atoms with E-state index in [2.05, 4.69) is 0 Å². The molecule has 0 aromatic carbocycles. The number of hydrogen-bond acceptors (Lipinski definition) is 2. The first-order valence-electron chi connectivity index (χ1n) is 3.77. The fourth-order valence-electron chi connectivity index (χ4n) is 1.12. The van der Waals surface area contributed by atoms with Crippen LogP contribution >= 0.6 is 0 Å². The van der Waals surface area contributed by atoms with Crippen molar-refractivity contribution in [1.29, 1.82) is 0 Å². The van der Waals surface area contributed by atoms with Gasteiger partial charge in [-0.2, -0.15) is 0 Å². The standard InChI is InChI=1S/C8H13FO2/c1-5-3-4-7(11-5)8(10)6(2)9/h3,6-8,10H,4H2,1-2H3. The average molecular weight is 160 g/mol. The van der Waals surface area contributed by atoms with Gasteiger partial charge < -0.3 is 9.84 Å². The maximum Gasteiger partial charge on any atom is 0.130 e. The predicted molar refractivity (Wildman–Crippen MR) is 39.8 cm³/mol. The highest BCUT2D eigenvalue weighted by molar-refractivity contribution is 5.00. The third-order valence-electron chi connectivity index (χ3n) is 1.83. The van der Waals surface area contributed by atoms with Gasteiger partial charge in [0, 0.05) is 6.42 Å². The SMILES string of the molecule is CC1=CCC(C(O)C(C)F)O1. The fourth-order valence-corrected chi connectivity index (χ4v) is 1.12. The molecule has 1 rings (SSSR count). The van der Waals surface area contributed by atoms with Gasteiger partial charge in [-0.1, -0.05) is 0 Å². The minimum absolute atomic E-state index is 0.380. The number of halogens is 1. The minimum atomic E-state index is -1.22. The lowest BCUT2D eigenvalue weighted by Crippen LogP contribution is -2.32. The first-order chi connectivity index (χ1) is 5.11. The van der Waals surface area contributed by atoms with E-state index in [1.807, 2.05) is 6.08 Å². The first kappa shape index (κ1) is 8.53. The molecule has 0 saturated heterocycles. The smallest absolute Gasteiger partial charge is 0.130 e. The second kappa shape index (κ2) is 3.22. The fraction of sp³-hybridized carbons (Fsp3) is 0.750. The Bertz CT molecular complexity index is 165. The van der Waals surface area contributed by atoms with Gasteiger partial charge in [-0.05, 0) is 19.9 Å².